The molecular formula is C20H15ClN2O4. The van der Waals surface area contributed by atoms with Gasteiger partial charge in [0.25, 0.3) is 5.78 Å². The van der Waals surface area contributed by atoms with Crippen LogP contribution < -0.4 is 4.74 Å². The molecule has 136 valence electrons. The van der Waals surface area contributed by atoms with Crippen LogP contribution in [0, 0.1) is 6.92 Å². The van der Waals surface area contributed by atoms with Gasteiger partial charge in [-0.3, -0.25) is 4.79 Å². The van der Waals surface area contributed by atoms with Crippen LogP contribution in [-0.2, 0) is 16.1 Å². The zero-order valence-corrected chi connectivity index (χ0v) is 15.1. The second-order valence-electron chi connectivity index (χ2n) is 5.62. The van der Waals surface area contributed by atoms with Crippen molar-refractivity contribution in [2.45, 2.75) is 13.5 Å². The highest BCUT2D eigenvalue weighted by molar-refractivity contribution is 6.41. The Hall–Kier alpha value is -3.25. The molecule has 2 aromatic carbocycles. The van der Waals surface area contributed by atoms with Crippen molar-refractivity contribution >= 4 is 23.4 Å². The van der Waals surface area contributed by atoms with Crippen molar-refractivity contribution < 1.29 is 19.1 Å². The molecule has 27 heavy (non-hydrogen) atoms. The molecule has 0 N–H and O–H groups in total. The summed E-state index contributed by atoms with van der Waals surface area (Å²) in [5.74, 6) is -1.39. The molecule has 6 nitrogen and oxygen atoms in total. The maximum absolute atomic E-state index is 12.5. The second-order valence-corrected chi connectivity index (χ2v) is 5.95. The first-order valence-electron chi connectivity index (χ1n) is 8.06. The zero-order valence-electron chi connectivity index (χ0n) is 14.4. The Labute approximate surface area is 160 Å². The Morgan fingerprint density at radius 3 is 2.52 bits per heavy atom. The van der Waals surface area contributed by atoms with E-state index in [0.29, 0.717) is 5.56 Å². The summed E-state index contributed by atoms with van der Waals surface area (Å²) in [6.07, 6.45) is 1.50. The molecule has 0 amide bonds. The number of para-hydroxylation sites is 1. The van der Waals surface area contributed by atoms with Gasteiger partial charge < -0.3 is 9.47 Å². The number of aromatic nitrogens is 2. The highest BCUT2D eigenvalue weighted by Gasteiger charge is 2.22. The summed E-state index contributed by atoms with van der Waals surface area (Å²) in [7, 11) is 0. The van der Waals surface area contributed by atoms with Gasteiger partial charge in [0.2, 0.25) is 11.2 Å². The third-order valence-corrected chi connectivity index (χ3v) is 3.81. The number of hydrogen-bond donors (Lipinski definition) is 0. The number of aryl methyl sites for hydroxylation is 1. The molecule has 0 radical (unpaired) electrons. The average molecular weight is 383 g/mol. The number of benzene rings is 2. The topological polar surface area (TPSA) is 78.4 Å². The summed E-state index contributed by atoms with van der Waals surface area (Å²) >= 11 is 5.79. The van der Waals surface area contributed by atoms with E-state index in [2.05, 4.69) is 9.97 Å². The van der Waals surface area contributed by atoms with Crippen LogP contribution in [0.1, 0.15) is 21.5 Å². The summed E-state index contributed by atoms with van der Waals surface area (Å²) in [6, 6.07) is 15.5. The number of nitrogens with zero attached hydrogens (tertiary/aromatic N) is 2. The first kappa shape index (κ1) is 18.5. The smallest absolute Gasteiger partial charge is 0.380 e. The third-order valence-electron chi connectivity index (χ3n) is 3.63. The van der Waals surface area contributed by atoms with Gasteiger partial charge in [0.1, 0.15) is 12.4 Å². The Balaban J connectivity index is 1.77. The minimum absolute atomic E-state index is 0.00899. The number of hydrogen-bond acceptors (Lipinski definition) is 6. The number of carbonyl (C=O) groups is 2. The molecule has 0 aliphatic carbocycles. The molecule has 3 rings (SSSR count). The summed E-state index contributed by atoms with van der Waals surface area (Å²) < 4.78 is 10.8. The molecule has 0 aliphatic rings. The van der Waals surface area contributed by atoms with Crippen LogP contribution in [0.2, 0.25) is 5.28 Å². The van der Waals surface area contributed by atoms with Crippen molar-refractivity contribution in [3.05, 3.63) is 82.8 Å². The predicted molar refractivity (Wildman–Crippen MR) is 98.9 cm³/mol. The third kappa shape index (κ3) is 4.68. The van der Waals surface area contributed by atoms with Gasteiger partial charge in [0, 0.05) is 11.8 Å². The molecular weight excluding hydrogens is 368 g/mol. The van der Waals surface area contributed by atoms with Gasteiger partial charge in [0.15, 0.2) is 0 Å². The van der Waals surface area contributed by atoms with Gasteiger partial charge in [-0.1, -0.05) is 42.5 Å². The lowest BCUT2D eigenvalue weighted by Gasteiger charge is -2.11. The van der Waals surface area contributed by atoms with Gasteiger partial charge in [-0.2, -0.15) is 4.98 Å². The van der Waals surface area contributed by atoms with Crippen molar-refractivity contribution in [1.29, 1.82) is 0 Å². The van der Waals surface area contributed by atoms with Gasteiger partial charge >= 0.3 is 5.97 Å². The minimum atomic E-state index is -0.965. The predicted octanol–water partition coefficient (Wildman–Crippen LogP) is 4.16. The Bertz CT molecular complexity index is 977. The first-order valence-corrected chi connectivity index (χ1v) is 8.44. The lowest BCUT2D eigenvalue weighted by molar-refractivity contribution is -0.139. The molecule has 0 fully saturated rings. The van der Waals surface area contributed by atoms with E-state index in [4.69, 9.17) is 21.1 Å². The lowest BCUT2D eigenvalue weighted by atomic mass is 10.1. The van der Waals surface area contributed by atoms with E-state index in [-0.39, 0.29) is 29.1 Å². The van der Waals surface area contributed by atoms with Crippen LogP contribution in [0.25, 0.3) is 0 Å². The average Bonchev–Trinajstić information content (AvgIpc) is 2.69. The van der Waals surface area contributed by atoms with Crippen LogP contribution in [0.4, 0.5) is 0 Å². The van der Waals surface area contributed by atoms with Crippen molar-refractivity contribution in [1.82, 2.24) is 9.97 Å². The number of Topliss-reactive ketones (excluding diaryl/α,β-unsaturated/α-hetero) is 1. The summed E-state index contributed by atoms with van der Waals surface area (Å²) in [6.45, 7) is 1.75. The fraction of sp³-hybridized carbons (Fsp3) is 0.100. The van der Waals surface area contributed by atoms with Crippen molar-refractivity contribution in [3.63, 3.8) is 0 Å². The summed E-state index contributed by atoms with van der Waals surface area (Å²) in [5.41, 5.74) is 1.49. The molecule has 3 aromatic rings. The maximum atomic E-state index is 12.5. The maximum Gasteiger partial charge on any atom is 0.380 e. The van der Waals surface area contributed by atoms with Gasteiger partial charge in [-0.25, -0.2) is 9.78 Å². The molecule has 0 saturated carbocycles. The molecule has 0 atom stereocenters. The summed E-state index contributed by atoms with van der Waals surface area (Å²) in [4.78, 5) is 32.5. The molecule has 0 aliphatic heterocycles. The van der Waals surface area contributed by atoms with E-state index in [9.17, 15) is 9.59 Å². The number of rotatable bonds is 6. The fourth-order valence-corrected chi connectivity index (χ4v) is 2.38. The minimum Gasteiger partial charge on any atom is -0.455 e. The normalized spacial score (nSPS) is 10.3. The fourth-order valence-electron chi connectivity index (χ4n) is 2.26. The highest BCUT2D eigenvalue weighted by Crippen LogP contribution is 2.27. The molecule has 0 unspecified atom stereocenters. The number of esters is 1. The number of carbonyl (C=O) groups excluding carboxylic acids is 2. The largest absolute Gasteiger partial charge is 0.455 e. The number of ether oxygens (including phenoxy) is 2. The SMILES string of the molecule is Cc1cnc(Cl)nc1Oc1ccccc1C(=O)C(=O)OCc1ccccc1. The van der Waals surface area contributed by atoms with Gasteiger partial charge in [-0.15, -0.1) is 0 Å². The van der Waals surface area contributed by atoms with E-state index in [1.165, 1.54) is 12.3 Å². The van der Waals surface area contributed by atoms with Crippen LogP contribution in [-0.4, -0.2) is 21.7 Å². The quantitative estimate of drug-likeness (QED) is 0.276. The van der Waals surface area contributed by atoms with Crippen molar-refractivity contribution in [2.24, 2.45) is 0 Å². The number of halogens is 1. The van der Waals surface area contributed by atoms with Crippen LogP contribution >= 0.6 is 11.6 Å². The number of ketones is 1. The molecule has 0 bridgehead atoms. The van der Waals surface area contributed by atoms with Crippen LogP contribution in [0.5, 0.6) is 11.6 Å². The van der Waals surface area contributed by atoms with E-state index in [1.807, 2.05) is 18.2 Å². The Morgan fingerprint density at radius 1 is 1.04 bits per heavy atom. The molecule has 7 heteroatoms. The van der Waals surface area contributed by atoms with Gasteiger partial charge in [-0.05, 0) is 36.2 Å². The zero-order chi connectivity index (χ0) is 19.2. The monoisotopic (exact) mass is 382 g/mol. The first-order chi connectivity index (χ1) is 13.0. The van der Waals surface area contributed by atoms with Gasteiger partial charge in [0.05, 0.1) is 5.56 Å². The molecule has 0 saturated heterocycles. The van der Waals surface area contributed by atoms with E-state index in [1.54, 1.807) is 37.3 Å². The van der Waals surface area contributed by atoms with Crippen molar-refractivity contribution in [3.8, 4) is 11.6 Å². The molecule has 1 heterocycles. The van der Waals surface area contributed by atoms with E-state index >= 15 is 0 Å². The molecule has 0 spiro atoms. The second kappa shape index (κ2) is 8.42. The Kier molecular flexibility index (Phi) is 5.78. The highest BCUT2D eigenvalue weighted by atomic mass is 35.5. The van der Waals surface area contributed by atoms with E-state index < -0.39 is 11.8 Å². The van der Waals surface area contributed by atoms with Crippen LogP contribution in [0.3, 0.4) is 0 Å². The van der Waals surface area contributed by atoms with Crippen molar-refractivity contribution in [2.75, 3.05) is 0 Å². The van der Waals surface area contributed by atoms with E-state index in [0.717, 1.165) is 5.56 Å². The lowest BCUT2D eigenvalue weighted by Crippen LogP contribution is -2.18. The van der Waals surface area contributed by atoms with Crippen LogP contribution in [0.15, 0.2) is 60.8 Å². The Morgan fingerprint density at radius 2 is 1.74 bits per heavy atom. The summed E-state index contributed by atoms with van der Waals surface area (Å²) in [5, 5.41) is 0.0154. The standard InChI is InChI=1S/C20H15ClN2O4/c1-13-11-22-20(21)23-18(13)27-16-10-6-5-9-15(16)17(24)19(25)26-12-14-7-3-2-4-8-14/h2-11H,12H2,1H3. The molecule has 1 aromatic heterocycles.